The van der Waals surface area contributed by atoms with Gasteiger partial charge in [-0.3, -0.25) is 24.3 Å². The average Bonchev–Trinajstić information content (AvgIpc) is 2.82. The van der Waals surface area contributed by atoms with E-state index >= 15 is 0 Å². The summed E-state index contributed by atoms with van der Waals surface area (Å²) in [6, 6.07) is 3.60. The van der Waals surface area contributed by atoms with Gasteiger partial charge in [-0.2, -0.15) is 0 Å². The Morgan fingerprint density at radius 2 is 1.86 bits per heavy atom. The number of likely N-dealkylation sites (N-methyl/N-ethyl adjacent to an activating group) is 1. The van der Waals surface area contributed by atoms with E-state index < -0.39 is 58.0 Å². The molecule has 1 aromatic carbocycles. The van der Waals surface area contributed by atoms with Gasteiger partial charge < -0.3 is 26.2 Å². The number of rotatable bonds is 3. The lowest BCUT2D eigenvalue weighted by Gasteiger charge is -2.50. The summed E-state index contributed by atoms with van der Waals surface area (Å²) in [7, 11) is 3.16. The smallest absolute Gasteiger partial charge is 0.255 e. The monoisotopic (exact) mass is 525 g/mol. The molecule has 11 heteroatoms. The van der Waals surface area contributed by atoms with Crippen LogP contribution in [0, 0.1) is 11.8 Å². The predicted molar refractivity (Wildman–Crippen MR) is 132 cm³/mol. The summed E-state index contributed by atoms with van der Waals surface area (Å²) < 4.78 is 0. The van der Waals surface area contributed by atoms with Gasteiger partial charge in [0, 0.05) is 29.4 Å². The van der Waals surface area contributed by atoms with Crippen LogP contribution in [0.1, 0.15) is 22.3 Å². The minimum absolute atomic E-state index is 0.00490. The number of nitrogens with two attached hydrogens (primary N) is 1. The average molecular weight is 526 g/mol. The summed E-state index contributed by atoms with van der Waals surface area (Å²) in [6.07, 6.45) is 3.17. The number of primary amides is 1. The number of carbonyl (C=O) groups is 3. The number of aliphatic hydroxyl groups excluding tert-OH is 2. The van der Waals surface area contributed by atoms with Crippen LogP contribution >= 0.6 is 11.6 Å². The molecule has 0 aliphatic heterocycles. The van der Waals surface area contributed by atoms with Crippen molar-refractivity contribution in [1.82, 2.24) is 9.88 Å². The molecule has 0 saturated heterocycles. The Labute approximate surface area is 216 Å². The summed E-state index contributed by atoms with van der Waals surface area (Å²) in [5.74, 6) is -6.91. The van der Waals surface area contributed by atoms with Crippen molar-refractivity contribution in [1.29, 1.82) is 0 Å². The number of hydrogen-bond acceptors (Lipinski definition) is 9. The molecule has 1 aromatic heterocycles. The second-order valence-electron chi connectivity index (χ2n) is 9.80. The van der Waals surface area contributed by atoms with Crippen molar-refractivity contribution in [2.45, 2.75) is 24.5 Å². The van der Waals surface area contributed by atoms with Crippen molar-refractivity contribution in [3.63, 3.8) is 0 Å². The van der Waals surface area contributed by atoms with Crippen molar-refractivity contribution in [3.05, 3.63) is 69.4 Å². The minimum atomic E-state index is -2.67. The quantitative estimate of drug-likeness (QED) is 0.374. The van der Waals surface area contributed by atoms with E-state index in [0.29, 0.717) is 21.7 Å². The van der Waals surface area contributed by atoms with Crippen LogP contribution < -0.4 is 5.73 Å². The van der Waals surface area contributed by atoms with Crippen LogP contribution in [0.2, 0.25) is 5.02 Å². The SMILES string of the molecule is CN(C)C1C(O)=C(C(N)=O)C(=O)C2(O)C(O)=C3C(=O)c4c(O)ccc(-c5ccncc5Cl)c4CC3CC12. The minimum Gasteiger partial charge on any atom is -0.510 e. The van der Waals surface area contributed by atoms with E-state index in [1.165, 1.54) is 17.2 Å². The number of halogens is 1. The summed E-state index contributed by atoms with van der Waals surface area (Å²) in [4.78, 5) is 44.6. The molecule has 0 radical (unpaired) electrons. The van der Waals surface area contributed by atoms with Gasteiger partial charge in [0.2, 0.25) is 5.78 Å². The Kier molecular flexibility index (Phi) is 5.67. The number of aliphatic hydroxyl groups is 3. The zero-order valence-electron chi connectivity index (χ0n) is 19.9. The summed E-state index contributed by atoms with van der Waals surface area (Å²) in [5, 5.41) is 44.8. The predicted octanol–water partition coefficient (Wildman–Crippen LogP) is 1.84. The number of hydrogen-bond donors (Lipinski definition) is 5. The van der Waals surface area contributed by atoms with Crippen LogP contribution in [-0.2, 0) is 16.0 Å². The summed E-state index contributed by atoms with van der Waals surface area (Å²) in [6.45, 7) is 0. The Morgan fingerprint density at radius 3 is 2.49 bits per heavy atom. The second kappa shape index (κ2) is 8.41. The molecule has 1 amide bonds. The normalized spacial score (nSPS) is 27.2. The highest BCUT2D eigenvalue weighted by molar-refractivity contribution is 6.33. The van der Waals surface area contributed by atoms with Gasteiger partial charge in [0.1, 0.15) is 22.8 Å². The van der Waals surface area contributed by atoms with Crippen molar-refractivity contribution in [3.8, 4) is 16.9 Å². The van der Waals surface area contributed by atoms with Crippen LogP contribution in [0.4, 0.5) is 0 Å². The molecule has 4 unspecified atom stereocenters. The number of aromatic hydroxyl groups is 1. The molecule has 10 nitrogen and oxygen atoms in total. The number of phenols is 1. The lowest BCUT2D eigenvalue weighted by Crippen LogP contribution is -2.63. The standard InChI is InChI=1S/C26H24ClN3O7/c1-30(2)20-14-8-10-7-13-11(12-5-6-29-9-15(12)27)3-4-16(31)18(13)21(32)17(10)23(34)26(14,37)24(35)19(22(20)33)25(28)36/h3-6,9-10,14,20,31,33-34,37H,7-8H2,1-2H3,(H2,28,36). The van der Waals surface area contributed by atoms with E-state index in [1.54, 1.807) is 32.4 Å². The van der Waals surface area contributed by atoms with Crippen molar-refractivity contribution < 1.29 is 34.8 Å². The fourth-order valence-electron chi connectivity index (χ4n) is 6.10. The van der Waals surface area contributed by atoms with Gasteiger partial charge in [-0.1, -0.05) is 17.7 Å². The third kappa shape index (κ3) is 3.33. The molecule has 0 bridgehead atoms. The number of Topliss-reactive ketones (excluding diaryl/α,β-unsaturated/α-hetero) is 2. The van der Waals surface area contributed by atoms with E-state index in [-0.39, 0.29) is 29.7 Å². The Morgan fingerprint density at radius 1 is 1.16 bits per heavy atom. The number of phenolic OH excluding ortho intramolecular Hbond substituents is 1. The Bertz CT molecular complexity index is 1460. The first-order valence-corrected chi connectivity index (χ1v) is 11.9. The molecule has 1 heterocycles. The number of aromatic nitrogens is 1. The zero-order chi connectivity index (χ0) is 27.0. The molecule has 6 N–H and O–H groups in total. The molecule has 4 atom stereocenters. The largest absolute Gasteiger partial charge is 0.510 e. The Balaban J connectivity index is 1.74. The first-order chi connectivity index (χ1) is 17.4. The summed E-state index contributed by atoms with van der Waals surface area (Å²) >= 11 is 6.37. The van der Waals surface area contributed by atoms with Crippen LogP contribution in [0.25, 0.3) is 11.1 Å². The molecular formula is C26H24ClN3O7. The number of nitrogens with zero attached hydrogens (tertiary/aromatic N) is 2. The van der Waals surface area contributed by atoms with Crippen LogP contribution in [-0.4, -0.2) is 73.5 Å². The second-order valence-corrected chi connectivity index (χ2v) is 10.2. The topological polar surface area (TPSA) is 174 Å². The van der Waals surface area contributed by atoms with Gasteiger partial charge in [-0.25, -0.2) is 0 Å². The van der Waals surface area contributed by atoms with Gasteiger partial charge in [0.15, 0.2) is 11.4 Å². The first-order valence-electron chi connectivity index (χ1n) is 11.5. The summed E-state index contributed by atoms with van der Waals surface area (Å²) in [5.41, 5.74) is 3.21. The molecular weight excluding hydrogens is 502 g/mol. The van der Waals surface area contributed by atoms with Gasteiger partial charge in [0.25, 0.3) is 5.91 Å². The van der Waals surface area contributed by atoms with Gasteiger partial charge >= 0.3 is 0 Å². The van der Waals surface area contributed by atoms with Crippen molar-refractivity contribution >= 4 is 29.1 Å². The van der Waals surface area contributed by atoms with E-state index in [9.17, 15) is 34.8 Å². The third-order valence-electron chi connectivity index (χ3n) is 7.67. The lowest BCUT2D eigenvalue weighted by atomic mass is 9.58. The molecule has 0 fully saturated rings. The third-order valence-corrected chi connectivity index (χ3v) is 7.97. The van der Waals surface area contributed by atoms with E-state index in [0.717, 1.165) is 0 Å². The number of fused-ring (bicyclic) bond motifs is 3. The van der Waals surface area contributed by atoms with Crippen molar-refractivity contribution in [2.24, 2.45) is 17.6 Å². The molecule has 0 saturated carbocycles. The molecule has 3 aliphatic carbocycles. The molecule has 37 heavy (non-hydrogen) atoms. The first kappa shape index (κ1) is 24.9. The molecule has 5 rings (SSSR count). The molecule has 3 aliphatic rings. The van der Waals surface area contributed by atoms with Crippen LogP contribution in [0.5, 0.6) is 5.75 Å². The van der Waals surface area contributed by atoms with Gasteiger partial charge in [-0.15, -0.1) is 0 Å². The maximum absolute atomic E-state index is 13.8. The highest BCUT2D eigenvalue weighted by Gasteiger charge is 2.63. The fourth-order valence-corrected chi connectivity index (χ4v) is 6.32. The number of amides is 1. The Hall–Kier alpha value is -3.73. The number of pyridine rings is 1. The zero-order valence-corrected chi connectivity index (χ0v) is 20.7. The number of carbonyl (C=O) groups excluding carboxylic acids is 3. The van der Waals surface area contributed by atoms with Crippen LogP contribution in [0.3, 0.4) is 0 Å². The van der Waals surface area contributed by atoms with Crippen LogP contribution in [0.15, 0.2) is 53.3 Å². The maximum Gasteiger partial charge on any atom is 0.255 e. The molecule has 0 spiro atoms. The number of allylic oxidation sites excluding steroid dienone is 1. The van der Waals surface area contributed by atoms with E-state index in [2.05, 4.69) is 4.98 Å². The fraction of sp³-hybridized carbons (Fsp3) is 0.308. The molecule has 192 valence electrons. The van der Waals surface area contributed by atoms with E-state index in [4.69, 9.17) is 17.3 Å². The highest BCUT2D eigenvalue weighted by atomic mass is 35.5. The highest BCUT2D eigenvalue weighted by Crippen LogP contribution is 2.53. The number of ketones is 2. The number of benzene rings is 1. The lowest BCUT2D eigenvalue weighted by molar-refractivity contribution is -0.148. The molecule has 2 aromatic rings. The van der Waals surface area contributed by atoms with Crippen molar-refractivity contribution in [2.75, 3.05) is 14.1 Å². The van der Waals surface area contributed by atoms with Gasteiger partial charge in [-0.05, 0) is 56.1 Å². The maximum atomic E-state index is 13.8. The van der Waals surface area contributed by atoms with Gasteiger partial charge in [0.05, 0.1) is 16.6 Å². The van der Waals surface area contributed by atoms with E-state index in [1.807, 2.05) is 0 Å².